The van der Waals surface area contributed by atoms with Crippen molar-refractivity contribution in [3.05, 3.63) is 45.9 Å². The van der Waals surface area contributed by atoms with E-state index in [-0.39, 0.29) is 0 Å². The molecule has 0 bridgehead atoms. The number of guanidine groups is 1. The van der Waals surface area contributed by atoms with Crippen LogP contribution in [0.15, 0.2) is 35.5 Å². The predicted molar refractivity (Wildman–Crippen MR) is 101 cm³/mol. The highest BCUT2D eigenvalue weighted by molar-refractivity contribution is 7.11. The van der Waals surface area contributed by atoms with Crippen molar-refractivity contribution in [2.75, 3.05) is 20.2 Å². The highest BCUT2D eigenvalue weighted by Crippen LogP contribution is 2.17. The molecule has 0 atom stereocenters. The van der Waals surface area contributed by atoms with Crippen molar-refractivity contribution in [2.24, 2.45) is 4.99 Å². The van der Waals surface area contributed by atoms with Crippen molar-refractivity contribution in [3.63, 3.8) is 0 Å². The second-order valence-electron chi connectivity index (χ2n) is 5.26. The number of para-hydroxylation sites is 1. The zero-order valence-corrected chi connectivity index (χ0v) is 15.4. The minimum absolute atomic E-state index is 0.606. The minimum Gasteiger partial charge on any atom is -0.496 e. The largest absolute Gasteiger partial charge is 0.496 e. The van der Waals surface area contributed by atoms with Crippen LogP contribution in [0.3, 0.4) is 0 Å². The molecule has 0 aliphatic rings. The highest BCUT2D eigenvalue weighted by Gasteiger charge is 2.04. The van der Waals surface area contributed by atoms with Crippen molar-refractivity contribution >= 4 is 17.3 Å². The number of aromatic nitrogens is 1. The third-order valence-corrected chi connectivity index (χ3v) is 4.67. The number of hydrogen-bond acceptors (Lipinski definition) is 4. The molecular formula is C18H26N4OS. The molecule has 2 N–H and O–H groups in total. The molecule has 0 fully saturated rings. The lowest BCUT2D eigenvalue weighted by Gasteiger charge is -2.12. The molecule has 0 radical (unpaired) electrons. The molecule has 0 spiro atoms. The van der Waals surface area contributed by atoms with Gasteiger partial charge in [0, 0.05) is 24.2 Å². The molecule has 6 heteroatoms. The second-order valence-corrected chi connectivity index (χ2v) is 6.46. The van der Waals surface area contributed by atoms with E-state index in [1.807, 2.05) is 24.4 Å². The zero-order valence-electron chi connectivity index (χ0n) is 14.6. The molecule has 2 aromatic rings. The van der Waals surface area contributed by atoms with E-state index in [4.69, 9.17) is 4.74 Å². The summed E-state index contributed by atoms with van der Waals surface area (Å²) in [5, 5.41) is 7.69. The fourth-order valence-electron chi connectivity index (χ4n) is 2.30. The van der Waals surface area contributed by atoms with Crippen LogP contribution in [0.2, 0.25) is 0 Å². The molecular weight excluding hydrogens is 320 g/mol. The van der Waals surface area contributed by atoms with Crippen LogP contribution in [0.1, 0.15) is 29.3 Å². The van der Waals surface area contributed by atoms with Gasteiger partial charge in [0.15, 0.2) is 5.96 Å². The van der Waals surface area contributed by atoms with Crippen LogP contribution in [-0.2, 0) is 19.4 Å². The van der Waals surface area contributed by atoms with E-state index in [0.29, 0.717) is 6.54 Å². The van der Waals surface area contributed by atoms with Crippen LogP contribution in [-0.4, -0.2) is 31.1 Å². The van der Waals surface area contributed by atoms with Gasteiger partial charge >= 0.3 is 0 Å². The first kappa shape index (κ1) is 18.3. The van der Waals surface area contributed by atoms with Crippen LogP contribution < -0.4 is 15.4 Å². The summed E-state index contributed by atoms with van der Waals surface area (Å²) in [4.78, 5) is 10.3. The molecule has 1 heterocycles. The van der Waals surface area contributed by atoms with Gasteiger partial charge in [0.2, 0.25) is 0 Å². The van der Waals surface area contributed by atoms with Crippen LogP contribution in [0.25, 0.3) is 0 Å². The predicted octanol–water partition coefficient (Wildman–Crippen LogP) is 3.01. The third-order valence-electron chi connectivity index (χ3n) is 3.55. The molecule has 0 amide bonds. The Bertz CT molecular complexity index is 654. The first-order valence-electron chi connectivity index (χ1n) is 8.34. The third kappa shape index (κ3) is 5.53. The minimum atomic E-state index is 0.606. The Hall–Kier alpha value is -2.08. The lowest BCUT2D eigenvalue weighted by atomic mass is 10.1. The Morgan fingerprint density at radius 3 is 2.79 bits per heavy atom. The zero-order chi connectivity index (χ0) is 17.2. The summed E-state index contributed by atoms with van der Waals surface area (Å²) in [7, 11) is 1.70. The summed E-state index contributed by atoms with van der Waals surface area (Å²) >= 11 is 1.73. The molecule has 5 nitrogen and oxygen atoms in total. The number of nitrogens with one attached hydrogen (secondary N) is 2. The number of nitrogens with zero attached hydrogens (tertiary/aromatic N) is 2. The number of methoxy groups -OCH3 is 1. The summed E-state index contributed by atoms with van der Waals surface area (Å²) < 4.78 is 5.39. The van der Waals surface area contributed by atoms with E-state index in [1.54, 1.807) is 18.4 Å². The van der Waals surface area contributed by atoms with Crippen molar-refractivity contribution in [2.45, 2.75) is 33.2 Å². The standard InChI is InChI=1S/C18H26N4OS/c1-4-15-12-21-17(24-15)13-22-18(19-5-2)20-11-10-14-8-6-7-9-16(14)23-3/h6-9,12H,4-5,10-11,13H2,1-3H3,(H2,19,20,22). The quantitative estimate of drug-likeness (QED) is 0.570. The number of thiazole rings is 1. The molecule has 1 aromatic carbocycles. The topological polar surface area (TPSA) is 58.5 Å². The van der Waals surface area contributed by atoms with Gasteiger partial charge in [-0.05, 0) is 31.4 Å². The van der Waals surface area contributed by atoms with Gasteiger partial charge in [0.25, 0.3) is 0 Å². The number of aryl methyl sites for hydroxylation is 1. The number of aliphatic imine (C=N–C) groups is 1. The van der Waals surface area contributed by atoms with Crippen molar-refractivity contribution < 1.29 is 4.74 Å². The summed E-state index contributed by atoms with van der Waals surface area (Å²) in [6.45, 7) is 6.44. The van der Waals surface area contributed by atoms with Crippen molar-refractivity contribution in [3.8, 4) is 5.75 Å². The fourth-order valence-corrected chi connectivity index (χ4v) is 3.08. The van der Waals surface area contributed by atoms with Gasteiger partial charge in [-0.3, -0.25) is 0 Å². The molecule has 0 unspecified atom stereocenters. The summed E-state index contributed by atoms with van der Waals surface area (Å²) in [5.41, 5.74) is 1.19. The van der Waals surface area contributed by atoms with Crippen LogP contribution >= 0.6 is 11.3 Å². The van der Waals surface area contributed by atoms with E-state index in [9.17, 15) is 0 Å². The number of hydrogen-bond donors (Lipinski definition) is 2. The lowest BCUT2D eigenvalue weighted by Crippen LogP contribution is -2.38. The van der Waals surface area contributed by atoms with Crippen LogP contribution in [0.5, 0.6) is 5.75 Å². The Labute approximate surface area is 148 Å². The van der Waals surface area contributed by atoms with Gasteiger partial charge in [-0.2, -0.15) is 0 Å². The van der Waals surface area contributed by atoms with E-state index >= 15 is 0 Å². The second kappa shape index (κ2) is 9.93. The van der Waals surface area contributed by atoms with E-state index in [1.165, 1.54) is 10.4 Å². The van der Waals surface area contributed by atoms with E-state index in [0.717, 1.165) is 42.6 Å². The maximum Gasteiger partial charge on any atom is 0.191 e. The SMILES string of the molecule is CCNC(=NCc1ncc(CC)s1)NCCc1ccccc1OC. The molecule has 130 valence electrons. The first-order chi connectivity index (χ1) is 11.8. The molecule has 0 saturated heterocycles. The average molecular weight is 347 g/mol. The molecule has 1 aromatic heterocycles. The monoisotopic (exact) mass is 346 g/mol. The normalized spacial score (nSPS) is 11.4. The number of ether oxygens (including phenoxy) is 1. The van der Waals surface area contributed by atoms with Gasteiger partial charge in [0.05, 0.1) is 13.7 Å². The molecule has 2 rings (SSSR count). The molecule has 0 aliphatic carbocycles. The van der Waals surface area contributed by atoms with Gasteiger partial charge in [-0.25, -0.2) is 9.98 Å². The maximum atomic E-state index is 5.39. The smallest absolute Gasteiger partial charge is 0.191 e. The fraction of sp³-hybridized carbons (Fsp3) is 0.444. The molecule has 24 heavy (non-hydrogen) atoms. The molecule has 0 aliphatic heterocycles. The van der Waals surface area contributed by atoms with Crippen molar-refractivity contribution in [1.82, 2.24) is 15.6 Å². The van der Waals surface area contributed by atoms with E-state index < -0.39 is 0 Å². The Kier molecular flexibility index (Phi) is 7.55. The summed E-state index contributed by atoms with van der Waals surface area (Å²) in [6, 6.07) is 8.10. The molecule has 0 saturated carbocycles. The van der Waals surface area contributed by atoms with Gasteiger partial charge in [-0.1, -0.05) is 25.1 Å². The maximum absolute atomic E-state index is 5.39. The number of benzene rings is 1. The average Bonchev–Trinajstić information content (AvgIpc) is 3.08. The van der Waals surface area contributed by atoms with Gasteiger partial charge in [0.1, 0.15) is 10.8 Å². The van der Waals surface area contributed by atoms with Crippen LogP contribution in [0, 0.1) is 0 Å². The first-order valence-corrected chi connectivity index (χ1v) is 9.16. The lowest BCUT2D eigenvalue weighted by molar-refractivity contribution is 0.409. The Balaban J connectivity index is 1.89. The van der Waals surface area contributed by atoms with Crippen molar-refractivity contribution in [1.29, 1.82) is 0 Å². The number of rotatable bonds is 8. The van der Waals surface area contributed by atoms with Crippen LogP contribution in [0.4, 0.5) is 0 Å². The summed E-state index contributed by atoms with van der Waals surface area (Å²) in [5.74, 6) is 1.75. The highest BCUT2D eigenvalue weighted by atomic mass is 32.1. The summed E-state index contributed by atoms with van der Waals surface area (Å²) in [6.07, 6.45) is 3.85. The van der Waals surface area contributed by atoms with Gasteiger partial charge < -0.3 is 15.4 Å². The Morgan fingerprint density at radius 1 is 1.25 bits per heavy atom. The van der Waals surface area contributed by atoms with Gasteiger partial charge in [-0.15, -0.1) is 11.3 Å². The van der Waals surface area contributed by atoms with E-state index in [2.05, 4.69) is 40.5 Å². The Morgan fingerprint density at radius 2 is 2.08 bits per heavy atom.